The fourth-order valence-corrected chi connectivity index (χ4v) is 4.41. The summed E-state index contributed by atoms with van der Waals surface area (Å²) in [5, 5.41) is 0. The van der Waals surface area contributed by atoms with Gasteiger partial charge in [-0.15, -0.1) is 0 Å². The number of rotatable bonds is 2. The van der Waals surface area contributed by atoms with E-state index in [4.69, 9.17) is 28.4 Å². The van der Waals surface area contributed by atoms with Gasteiger partial charge in [0.25, 0.3) is 0 Å². The molecule has 6 heteroatoms. The second kappa shape index (κ2) is 5.53. The van der Waals surface area contributed by atoms with E-state index in [1.165, 1.54) is 0 Å². The first-order valence-corrected chi connectivity index (χ1v) is 8.89. The highest BCUT2D eigenvalue weighted by molar-refractivity contribution is 5.46. The summed E-state index contributed by atoms with van der Waals surface area (Å²) in [7, 11) is 0. The number of hydrogen-bond donors (Lipinski definition) is 0. The molecule has 0 aliphatic carbocycles. The van der Waals surface area contributed by atoms with Gasteiger partial charge in [0, 0.05) is 11.8 Å². The van der Waals surface area contributed by atoms with Crippen LogP contribution in [0.2, 0.25) is 0 Å². The van der Waals surface area contributed by atoms with Crippen molar-refractivity contribution in [1.29, 1.82) is 0 Å². The molecule has 0 radical (unpaired) electrons. The van der Waals surface area contributed by atoms with Gasteiger partial charge in [-0.1, -0.05) is 12.1 Å². The van der Waals surface area contributed by atoms with Crippen molar-refractivity contribution in [3.8, 4) is 23.0 Å². The Hall–Kier alpha value is -2.44. The van der Waals surface area contributed by atoms with Crippen LogP contribution in [0.5, 0.6) is 23.0 Å². The summed E-state index contributed by atoms with van der Waals surface area (Å²) in [6.07, 6.45) is 0.0435. The van der Waals surface area contributed by atoms with Crippen LogP contribution in [-0.4, -0.2) is 26.8 Å². The van der Waals surface area contributed by atoms with Crippen molar-refractivity contribution in [3.05, 3.63) is 47.5 Å². The highest BCUT2D eigenvalue weighted by atomic mass is 16.7. The lowest BCUT2D eigenvalue weighted by molar-refractivity contribution is 0.0192. The van der Waals surface area contributed by atoms with Crippen molar-refractivity contribution in [3.63, 3.8) is 0 Å². The maximum atomic E-state index is 6.18. The third-order valence-electron chi connectivity index (χ3n) is 5.71. The second-order valence-electron chi connectivity index (χ2n) is 7.06. The standard InChI is InChI=1S/C20H18O6/c1-3-15-17(25-9-23-15)5-11(1)19-13-7-22-20(14(13)8-21-19)12-2-4-16-18(6-12)26-10-24-16/h1-6,13-14,19-20H,7-10H2/t13-,14+,19-,20-/m1/s1. The molecule has 4 aliphatic rings. The minimum absolute atomic E-state index is 0.0218. The van der Waals surface area contributed by atoms with E-state index >= 15 is 0 Å². The lowest BCUT2D eigenvalue weighted by Crippen LogP contribution is -2.14. The molecular formula is C20H18O6. The molecule has 2 aromatic rings. The van der Waals surface area contributed by atoms with Crippen LogP contribution >= 0.6 is 0 Å². The molecule has 2 fully saturated rings. The summed E-state index contributed by atoms with van der Waals surface area (Å²) in [6.45, 7) is 1.93. The van der Waals surface area contributed by atoms with Gasteiger partial charge in [-0.25, -0.2) is 0 Å². The van der Waals surface area contributed by atoms with Crippen LogP contribution in [0.25, 0.3) is 0 Å². The van der Waals surface area contributed by atoms with Gasteiger partial charge in [-0.05, 0) is 35.4 Å². The van der Waals surface area contributed by atoms with Crippen molar-refractivity contribution in [1.82, 2.24) is 0 Å². The Bertz CT molecular complexity index is 794. The summed E-state index contributed by atoms with van der Waals surface area (Å²) >= 11 is 0. The predicted molar refractivity (Wildman–Crippen MR) is 89.5 cm³/mol. The highest BCUT2D eigenvalue weighted by Crippen LogP contribution is 2.52. The van der Waals surface area contributed by atoms with E-state index in [1.807, 2.05) is 24.3 Å². The molecule has 0 spiro atoms. The molecule has 0 bridgehead atoms. The van der Waals surface area contributed by atoms with E-state index in [2.05, 4.69) is 12.1 Å². The SMILES string of the molecule is c1cc2c(cc1[C@H]1OC[C@H]3[C@H]1CO[C@@H]3c1ccc3c(c1)OCO3)OCO2. The van der Waals surface area contributed by atoms with Crippen LogP contribution in [0.15, 0.2) is 36.4 Å². The Morgan fingerprint density at radius 1 is 0.577 bits per heavy atom. The lowest BCUT2D eigenvalue weighted by atomic mass is 9.85. The minimum atomic E-state index is 0.0218. The third kappa shape index (κ3) is 2.12. The summed E-state index contributed by atoms with van der Waals surface area (Å²) in [5.41, 5.74) is 2.24. The van der Waals surface area contributed by atoms with E-state index in [0.717, 1.165) is 34.1 Å². The van der Waals surface area contributed by atoms with Gasteiger partial charge < -0.3 is 28.4 Å². The number of fused-ring (bicyclic) bond motifs is 3. The Balaban J connectivity index is 1.27. The average Bonchev–Trinajstić information content (AvgIpc) is 3.42. The fourth-order valence-electron chi connectivity index (χ4n) is 4.41. The van der Waals surface area contributed by atoms with Crippen molar-refractivity contribution in [2.24, 2.45) is 11.8 Å². The third-order valence-corrected chi connectivity index (χ3v) is 5.71. The van der Waals surface area contributed by atoms with E-state index in [1.54, 1.807) is 0 Å². The zero-order chi connectivity index (χ0) is 17.1. The number of benzene rings is 2. The highest BCUT2D eigenvalue weighted by Gasteiger charge is 2.48. The Kier molecular flexibility index (Phi) is 3.12. The van der Waals surface area contributed by atoms with Crippen LogP contribution in [-0.2, 0) is 9.47 Å². The van der Waals surface area contributed by atoms with Gasteiger partial charge in [0.2, 0.25) is 13.6 Å². The Morgan fingerprint density at radius 3 is 1.54 bits per heavy atom. The number of hydrogen-bond acceptors (Lipinski definition) is 6. The zero-order valence-corrected chi connectivity index (χ0v) is 14.1. The Labute approximate surface area is 150 Å². The maximum Gasteiger partial charge on any atom is 0.231 e. The molecule has 6 nitrogen and oxygen atoms in total. The van der Waals surface area contributed by atoms with Crippen LogP contribution in [0.3, 0.4) is 0 Å². The monoisotopic (exact) mass is 354 g/mol. The lowest BCUT2D eigenvalue weighted by Gasteiger charge is -2.17. The molecule has 6 rings (SSSR count). The van der Waals surface area contributed by atoms with Gasteiger partial charge in [-0.2, -0.15) is 0 Å². The van der Waals surface area contributed by atoms with Crippen molar-refractivity contribution >= 4 is 0 Å². The van der Waals surface area contributed by atoms with Crippen LogP contribution in [0, 0.1) is 11.8 Å². The normalized spacial score (nSPS) is 30.6. The molecule has 2 saturated heterocycles. The molecular weight excluding hydrogens is 336 g/mol. The van der Waals surface area contributed by atoms with Crippen LogP contribution in [0.1, 0.15) is 23.3 Å². The minimum Gasteiger partial charge on any atom is -0.454 e. The second-order valence-corrected chi connectivity index (χ2v) is 7.06. The largest absolute Gasteiger partial charge is 0.454 e. The van der Waals surface area contributed by atoms with Gasteiger partial charge in [0.15, 0.2) is 23.0 Å². The molecule has 0 N–H and O–H groups in total. The molecule has 0 unspecified atom stereocenters. The fraction of sp³-hybridized carbons (Fsp3) is 0.400. The van der Waals surface area contributed by atoms with Crippen LogP contribution < -0.4 is 18.9 Å². The van der Waals surface area contributed by atoms with Gasteiger partial charge in [0.1, 0.15) is 0 Å². The smallest absolute Gasteiger partial charge is 0.231 e. The summed E-state index contributed by atoms with van der Waals surface area (Å²) in [4.78, 5) is 0. The summed E-state index contributed by atoms with van der Waals surface area (Å²) in [5.74, 6) is 3.83. The molecule has 26 heavy (non-hydrogen) atoms. The average molecular weight is 354 g/mol. The van der Waals surface area contributed by atoms with Gasteiger partial charge in [-0.3, -0.25) is 0 Å². The molecule has 4 heterocycles. The summed E-state index contributed by atoms with van der Waals surface area (Å²) < 4.78 is 34.2. The molecule has 0 aromatic heterocycles. The van der Waals surface area contributed by atoms with E-state index in [0.29, 0.717) is 25.0 Å². The topological polar surface area (TPSA) is 55.4 Å². The van der Waals surface area contributed by atoms with Gasteiger partial charge in [0.05, 0.1) is 25.4 Å². The maximum absolute atomic E-state index is 6.18. The van der Waals surface area contributed by atoms with E-state index in [-0.39, 0.29) is 25.8 Å². The van der Waals surface area contributed by atoms with E-state index in [9.17, 15) is 0 Å². The quantitative estimate of drug-likeness (QED) is 0.825. The zero-order valence-electron chi connectivity index (χ0n) is 14.1. The molecule has 2 aromatic carbocycles. The Morgan fingerprint density at radius 2 is 1.04 bits per heavy atom. The molecule has 134 valence electrons. The first kappa shape index (κ1) is 14.7. The van der Waals surface area contributed by atoms with Crippen LogP contribution in [0.4, 0.5) is 0 Å². The predicted octanol–water partition coefficient (Wildman–Crippen LogP) is 3.22. The van der Waals surface area contributed by atoms with Crippen molar-refractivity contribution < 1.29 is 28.4 Å². The molecule has 4 atom stereocenters. The summed E-state index contributed by atoms with van der Waals surface area (Å²) in [6, 6.07) is 12.1. The molecule has 4 aliphatic heterocycles. The van der Waals surface area contributed by atoms with Crippen molar-refractivity contribution in [2.45, 2.75) is 12.2 Å². The molecule has 0 amide bonds. The van der Waals surface area contributed by atoms with Gasteiger partial charge >= 0.3 is 0 Å². The van der Waals surface area contributed by atoms with Crippen molar-refractivity contribution in [2.75, 3.05) is 26.8 Å². The first-order valence-electron chi connectivity index (χ1n) is 8.89. The number of ether oxygens (including phenoxy) is 6. The van der Waals surface area contributed by atoms with E-state index < -0.39 is 0 Å². The first-order chi connectivity index (χ1) is 12.9. The molecule has 0 saturated carbocycles.